The SMILES string of the molecule is O=C(NCc1ccc(OCCC2CCCC2)cc1)[C@H](O)[C@@H](O)C(=O)N1CCN(c2ccccc2)CC1. The van der Waals surface area contributed by atoms with E-state index in [9.17, 15) is 19.8 Å². The molecule has 1 saturated carbocycles. The average Bonchev–Trinajstić information content (AvgIpc) is 3.45. The Balaban J connectivity index is 1.17. The largest absolute Gasteiger partial charge is 0.494 e. The zero-order chi connectivity index (χ0) is 25.3. The maximum Gasteiger partial charge on any atom is 0.254 e. The van der Waals surface area contributed by atoms with E-state index in [1.54, 1.807) is 0 Å². The summed E-state index contributed by atoms with van der Waals surface area (Å²) in [6.07, 6.45) is 2.72. The summed E-state index contributed by atoms with van der Waals surface area (Å²) in [5.74, 6) is 0.156. The second-order valence-electron chi connectivity index (χ2n) is 9.69. The molecule has 8 nitrogen and oxygen atoms in total. The van der Waals surface area contributed by atoms with Crippen molar-refractivity contribution in [1.29, 1.82) is 0 Å². The van der Waals surface area contributed by atoms with E-state index in [4.69, 9.17) is 4.74 Å². The number of amides is 2. The van der Waals surface area contributed by atoms with E-state index in [1.165, 1.54) is 30.6 Å². The van der Waals surface area contributed by atoms with Gasteiger partial charge in [0.1, 0.15) is 5.75 Å². The van der Waals surface area contributed by atoms with Gasteiger partial charge in [-0.05, 0) is 42.2 Å². The number of ether oxygens (including phenoxy) is 1. The Morgan fingerprint density at radius 3 is 2.25 bits per heavy atom. The number of carbonyl (C=O) groups is 2. The molecular formula is C28H37N3O5. The minimum absolute atomic E-state index is 0.176. The highest BCUT2D eigenvalue weighted by atomic mass is 16.5. The molecule has 2 aromatic carbocycles. The highest BCUT2D eigenvalue weighted by molar-refractivity contribution is 5.90. The molecule has 2 fully saturated rings. The average molecular weight is 496 g/mol. The molecule has 3 N–H and O–H groups in total. The van der Waals surface area contributed by atoms with Crippen LogP contribution < -0.4 is 15.0 Å². The lowest BCUT2D eigenvalue weighted by molar-refractivity contribution is -0.153. The number of carbonyl (C=O) groups excluding carboxylic acids is 2. The summed E-state index contributed by atoms with van der Waals surface area (Å²) in [6.45, 7) is 2.94. The number of nitrogens with zero attached hydrogens (tertiary/aromatic N) is 2. The molecule has 2 aliphatic rings. The molecule has 0 spiro atoms. The summed E-state index contributed by atoms with van der Waals surface area (Å²) in [5.41, 5.74) is 1.91. The van der Waals surface area contributed by atoms with Crippen LogP contribution in [0.15, 0.2) is 54.6 Å². The lowest BCUT2D eigenvalue weighted by atomic mass is 10.1. The zero-order valence-corrected chi connectivity index (χ0v) is 20.7. The molecule has 2 atom stereocenters. The van der Waals surface area contributed by atoms with Gasteiger partial charge in [0.2, 0.25) is 0 Å². The molecule has 36 heavy (non-hydrogen) atoms. The predicted molar refractivity (Wildman–Crippen MR) is 138 cm³/mol. The van der Waals surface area contributed by atoms with E-state index in [-0.39, 0.29) is 6.54 Å². The Labute approximate surface area is 212 Å². The highest BCUT2D eigenvalue weighted by Crippen LogP contribution is 2.27. The maximum atomic E-state index is 12.7. The van der Waals surface area contributed by atoms with Gasteiger partial charge in [0.15, 0.2) is 12.2 Å². The van der Waals surface area contributed by atoms with Crippen LogP contribution in [0.3, 0.4) is 0 Å². The van der Waals surface area contributed by atoms with Gasteiger partial charge >= 0.3 is 0 Å². The van der Waals surface area contributed by atoms with E-state index in [0.29, 0.717) is 32.8 Å². The molecule has 1 aliphatic heterocycles. The number of rotatable bonds is 10. The lowest BCUT2D eigenvalue weighted by Crippen LogP contribution is -2.55. The number of aliphatic hydroxyl groups excluding tert-OH is 2. The molecule has 2 amide bonds. The molecule has 1 aliphatic carbocycles. The predicted octanol–water partition coefficient (Wildman–Crippen LogP) is 2.33. The third-order valence-electron chi connectivity index (χ3n) is 7.19. The highest BCUT2D eigenvalue weighted by Gasteiger charge is 2.34. The Bertz CT molecular complexity index is 970. The lowest BCUT2D eigenvalue weighted by Gasteiger charge is -2.37. The fourth-order valence-corrected chi connectivity index (χ4v) is 4.93. The molecule has 8 heteroatoms. The van der Waals surface area contributed by atoms with Gasteiger partial charge in [0.05, 0.1) is 6.61 Å². The van der Waals surface area contributed by atoms with Crippen molar-refractivity contribution in [2.75, 3.05) is 37.7 Å². The first kappa shape index (κ1) is 26.0. The monoisotopic (exact) mass is 495 g/mol. The van der Waals surface area contributed by atoms with Crippen molar-refractivity contribution in [3.05, 3.63) is 60.2 Å². The first-order valence-electron chi connectivity index (χ1n) is 13.0. The molecule has 1 saturated heterocycles. The van der Waals surface area contributed by atoms with Crippen LogP contribution in [-0.4, -0.2) is 71.9 Å². The number of piperazine rings is 1. The Morgan fingerprint density at radius 2 is 1.58 bits per heavy atom. The van der Waals surface area contributed by atoms with Crippen LogP contribution in [0.5, 0.6) is 5.75 Å². The number of anilines is 1. The van der Waals surface area contributed by atoms with Crippen LogP contribution in [-0.2, 0) is 16.1 Å². The summed E-state index contributed by atoms with van der Waals surface area (Å²) in [5, 5.41) is 23.2. The van der Waals surface area contributed by atoms with Gasteiger partial charge in [-0.25, -0.2) is 0 Å². The standard InChI is InChI=1S/C28H37N3O5/c32-25(26(33)28(35)31-17-15-30(16-18-31)23-8-2-1-3-9-23)27(34)29-20-22-10-12-24(13-11-22)36-19-14-21-6-4-5-7-21/h1-3,8-13,21,25-26,32-33H,4-7,14-20H2,(H,29,34)/t25-,26-/m1/s1. The summed E-state index contributed by atoms with van der Waals surface area (Å²) in [4.78, 5) is 28.7. The normalized spacial score (nSPS) is 18.1. The minimum atomic E-state index is -1.83. The first-order chi connectivity index (χ1) is 17.5. The van der Waals surface area contributed by atoms with Gasteiger partial charge in [0.25, 0.3) is 11.8 Å². The van der Waals surface area contributed by atoms with Crippen LogP contribution in [0.2, 0.25) is 0 Å². The molecule has 0 unspecified atom stereocenters. The Kier molecular flexibility index (Phi) is 9.19. The minimum Gasteiger partial charge on any atom is -0.494 e. The second kappa shape index (κ2) is 12.7. The molecule has 4 rings (SSSR count). The fraction of sp³-hybridized carbons (Fsp3) is 0.500. The number of aliphatic hydroxyl groups is 2. The number of nitrogens with one attached hydrogen (secondary N) is 1. The summed E-state index contributed by atoms with van der Waals surface area (Å²) >= 11 is 0. The third-order valence-corrected chi connectivity index (χ3v) is 7.19. The van der Waals surface area contributed by atoms with E-state index in [0.717, 1.165) is 29.3 Å². The van der Waals surface area contributed by atoms with E-state index < -0.39 is 24.0 Å². The third kappa shape index (κ3) is 6.98. The second-order valence-corrected chi connectivity index (χ2v) is 9.69. The number of para-hydroxylation sites is 1. The molecule has 2 aromatic rings. The van der Waals surface area contributed by atoms with Crippen LogP contribution in [0.1, 0.15) is 37.7 Å². The first-order valence-corrected chi connectivity index (χ1v) is 13.0. The molecule has 0 bridgehead atoms. The van der Waals surface area contributed by atoms with Gasteiger partial charge in [-0.1, -0.05) is 56.0 Å². The molecule has 1 heterocycles. The molecule has 0 aromatic heterocycles. The van der Waals surface area contributed by atoms with Crippen molar-refractivity contribution in [2.24, 2.45) is 5.92 Å². The zero-order valence-electron chi connectivity index (χ0n) is 20.7. The quantitative estimate of drug-likeness (QED) is 0.468. The van der Waals surface area contributed by atoms with E-state index >= 15 is 0 Å². The van der Waals surface area contributed by atoms with Crippen molar-refractivity contribution in [3.63, 3.8) is 0 Å². The number of benzene rings is 2. The Hall–Kier alpha value is -3.10. The maximum absolute atomic E-state index is 12.7. The van der Waals surface area contributed by atoms with Crippen LogP contribution >= 0.6 is 0 Å². The summed E-state index contributed by atoms with van der Waals surface area (Å²) in [7, 11) is 0. The van der Waals surface area contributed by atoms with Gasteiger partial charge in [-0.15, -0.1) is 0 Å². The van der Waals surface area contributed by atoms with Gasteiger partial charge in [-0.3, -0.25) is 9.59 Å². The van der Waals surface area contributed by atoms with Gasteiger partial charge in [-0.2, -0.15) is 0 Å². The van der Waals surface area contributed by atoms with Crippen LogP contribution in [0.4, 0.5) is 5.69 Å². The van der Waals surface area contributed by atoms with Crippen molar-refractivity contribution in [1.82, 2.24) is 10.2 Å². The van der Waals surface area contributed by atoms with Crippen molar-refractivity contribution in [3.8, 4) is 5.75 Å². The Morgan fingerprint density at radius 1 is 0.917 bits per heavy atom. The van der Waals surface area contributed by atoms with Gasteiger partial charge < -0.3 is 30.1 Å². The van der Waals surface area contributed by atoms with Crippen molar-refractivity contribution < 1.29 is 24.5 Å². The number of hydrogen-bond acceptors (Lipinski definition) is 6. The molecule has 194 valence electrons. The van der Waals surface area contributed by atoms with Crippen molar-refractivity contribution in [2.45, 2.75) is 50.9 Å². The van der Waals surface area contributed by atoms with Crippen LogP contribution in [0, 0.1) is 5.92 Å². The summed E-state index contributed by atoms with van der Waals surface area (Å²) in [6, 6.07) is 17.3. The number of hydrogen-bond donors (Lipinski definition) is 3. The van der Waals surface area contributed by atoms with Gasteiger partial charge in [0, 0.05) is 38.4 Å². The topological polar surface area (TPSA) is 102 Å². The molecule has 0 radical (unpaired) electrons. The fourth-order valence-electron chi connectivity index (χ4n) is 4.93. The van der Waals surface area contributed by atoms with E-state index in [1.807, 2.05) is 54.6 Å². The van der Waals surface area contributed by atoms with Crippen LogP contribution in [0.25, 0.3) is 0 Å². The van der Waals surface area contributed by atoms with Crippen molar-refractivity contribution >= 4 is 17.5 Å². The summed E-state index contributed by atoms with van der Waals surface area (Å²) < 4.78 is 5.83. The smallest absolute Gasteiger partial charge is 0.254 e. The molecular weight excluding hydrogens is 458 g/mol. The van der Waals surface area contributed by atoms with E-state index in [2.05, 4.69) is 10.2 Å².